The van der Waals surface area contributed by atoms with Crippen LogP contribution in [0, 0.1) is 5.41 Å². The molecule has 0 heterocycles. The summed E-state index contributed by atoms with van der Waals surface area (Å²) >= 11 is 0. The highest BCUT2D eigenvalue weighted by molar-refractivity contribution is 5.85. The van der Waals surface area contributed by atoms with Crippen LogP contribution in [0.2, 0.25) is 0 Å². The van der Waals surface area contributed by atoms with Crippen LogP contribution in [0.15, 0.2) is 0 Å². The summed E-state index contributed by atoms with van der Waals surface area (Å²) in [7, 11) is 0. The molecule has 0 aliphatic heterocycles. The van der Waals surface area contributed by atoms with Gasteiger partial charge in [0.15, 0.2) is 0 Å². The number of carbonyl (C=O) groups is 3. The van der Waals surface area contributed by atoms with Crippen molar-refractivity contribution in [3.8, 4) is 0 Å². The van der Waals surface area contributed by atoms with Gasteiger partial charge in [0.25, 0.3) is 0 Å². The maximum absolute atomic E-state index is 11.8. The predicted molar refractivity (Wildman–Crippen MR) is 132 cm³/mol. The smallest absolute Gasteiger partial charge is 0.243 e. The van der Waals surface area contributed by atoms with Gasteiger partial charge in [0.1, 0.15) is 0 Å². The van der Waals surface area contributed by atoms with Crippen LogP contribution in [0.25, 0.3) is 0 Å². The molecule has 0 aromatic heterocycles. The van der Waals surface area contributed by atoms with E-state index in [1.807, 2.05) is 0 Å². The molecule has 3 amide bonds. The van der Waals surface area contributed by atoms with Crippen molar-refractivity contribution in [3.63, 3.8) is 0 Å². The van der Waals surface area contributed by atoms with E-state index in [1.165, 1.54) is 0 Å². The van der Waals surface area contributed by atoms with Gasteiger partial charge < -0.3 is 24.8 Å². The molecule has 4 N–H and O–H groups in total. The first-order valence-electron chi connectivity index (χ1n) is 12.3. The fourth-order valence-corrected chi connectivity index (χ4v) is 2.46. The van der Waals surface area contributed by atoms with E-state index in [0.29, 0.717) is 52.4 Å². The first-order chi connectivity index (χ1) is 15.9. The molecule has 0 radical (unpaired) electrons. The quantitative estimate of drug-likeness (QED) is 0.171. The summed E-state index contributed by atoms with van der Waals surface area (Å²) in [6.07, 6.45) is 2.51. The fraction of sp³-hybridized carbons (Fsp3) is 0.875. The second kappa shape index (κ2) is 18.6. The second-order valence-corrected chi connectivity index (χ2v) is 10.2. The van der Waals surface area contributed by atoms with Crippen molar-refractivity contribution >= 4 is 17.7 Å². The second-order valence-electron chi connectivity index (χ2n) is 10.2. The molecule has 0 atom stereocenters. The Bertz CT molecular complexity index is 573. The minimum absolute atomic E-state index is 0.107. The Morgan fingerprint density at radius 2 is 1.12 bits per heavy atom. The number of rotatable bonds is 18. The summed E-state index contributed by atoms with van der Waals surface area (Å²) in [6, 6.07) is 0. The lowest BCUT2D eigenvalue weighted by Crippen LogP contribution is -2.46. The SMILES string of the molecule is CC(C)(C)NCCCOCCOCCOCCCNC(=O)CCCC(=O)NNC(=O)C(C)(C)C. The third-order valence-electron chi connectivity index (χ3n) is 4.46. The van der Waals surface area contributed by atoms with Crippen molar-refractivity contribution in [1.29, 1.82) is 0 Å². The van der Waals surface area contributed by atoms with Crippen molar-refractivity contribution in [2.75, 3.05) is 52.7 Å². The molecule has 0 spiro atoms. The molecular formula is C24H48N4O6. The van der Waals surface area contributed by atoms with E-state index in [-0.39, 0.29) is 36.1 Å². The van der Waals surface area contributed by atoms with E-state index in [9.17, 15) is 14.4 Å². The standard InChI is InChI=1S/C24H48N4O6/c1-23(2,3)22(31)28-27-21(30)11-7-10-20(29)25-12-8-14-32-16-18-34-19-17-33-15-9-13-26-24(4,5)6/h26H,7-19H2,1-6H3,(H,25,29)(H,27,30)(H,28,31). The molecule has 0 fully saturated rings. The first-order valence-corrected chi connectivity index (χ1v) is 12.3. The third kappa shape index (κ3) is 22.1. The molecular weight excluding hydrogens is 440 g/mol. The lowest BCUT2D eigenvalue weighted by Gasteiger charge is -2.20. The average molecular weight is 489 g/mol. The Labute approximate surface area is 205 Å². The van der Waals surface area contributed by atoms with E-state index in [0.717, 1.165) is 19.6 Å². The van der Waals surface area contributed by atoms with Gasteiger partial charge in [-0.1, -0.05) is 20.8 Å². The van der Waals surface area contributed by atoms with E-state index in [4.69, 9.17) is 14.2 Å². The summed E-state index contributed by atoms with van der Waals surface area (Å²) in [6.45, 7) is 16.6. The van der Waals surface area contributed by atoms with Crippen LogP contribution in [0.3, 0.4) is 0 Å². The molecule has 0 aromatic rings. The number of nitrogens with one attached hydrogen (secondary N) is 4. The Balaban J connectivity index is 3.39. The summed E-state index contributed by atoms with van der Waals surface area (Å²) in [5.74, 6) is -0.693. The molecule has 10 heteroatoms. The van der Waals surface area contributed by atoms with Gasteiger partial charge in [-0.3, -0.25) is 25.2 Å². The van der Waals surface area contributed by atoms with Crippen LogP contribution in [0.1, 0.15) is 73.6 Å². The molecule has 0 aliphatic carbocycles. The van der Waals surface area contributed by atoms with Crippen molar-refractivity contribution in [3.05, 3.63) is 0 Å². The summed E-state index contributed by atoms with van der Waals surface area (Å²) < 4.78 is 16.5. The highest BCUT2D eigenvalue weighted by Gasteiger charge is 2.21. The molecule has 0 aliphatic rings. The molecule has 10 nitrogen and oxygen atoms in total. The highest BCUT2D eigenvalue weighted by atomic mass is 16.5. The molecule has 0 aromatic carbocycles. The Kier molecular flexibility index (Phi) is 17.6. The molecule has 0 rings (SSSR count). The van der Waals surface area contributed by atoms with Gasteiger partial charge >= 0.3 is 0 Å². The minimum Gasteiger partial charge on any atom is -0.379 e. The summed E-state index contributed by atoms with van der Waals surface area (Å²) in [5, 5.41) is 6.22. The van der Waals surface area contributed by atoms with Gasteiger partial charge in [0, 0.05) is 43.6 Å². The van der Waals surface area contributed by atoms with Crippen LogP contribution < -0.4 is 21.5 Å². The largest absolute Gasteiger partial charge is 0.379 e. The van der Waals surface area contributed by atoms with Crippen molar-refractivity contribution in [1.82, 2.24) is 21.5 Å². The van der Waals surface area contributed by atoms with Crippen LogP contribution in [-0.2, 0) is 28.6 Å². The molecule has 200 valence electrons. The number of carbonyl (C=O) groups excluding carboxylic acids is 3. The van der Waals surface area contributed by atoms with E-state index in [2.05, 4.69) is 42.3 Å². The van der Waals surface area contributed by atoms with Crippen LogP contribution in [0.4, 0.5) is 0 Å². The zero-order valence-electron chi connectivity index (χ0n) is 22.1. The van der Waals surface area contributed by atoms with Gasteiger partial charge in [-0.25, -0.2) is 0 Å². The van der Waals surface area contributed by atoms with E-state index < -0.39 is 5.41 Å². The zero-order chi connectivity index (χ0) is 25.9. The Morgan fingerprint density at radius 3 is 1.65 bits per heavy atom. The average Bonchev–Trinajstić information content (AvgIpc) is 2.73. The van der Waals surface area contributed by atoms with Gasteiger partial charge in [0.05, 0.1) is 26.4 Å². The molecule has 0 saturated carbocycles. The van der Waals surface area contributed by atoms with Crippen LogP contribution in [-0.4, -0.2) is 76.0 Å². The normalized spacial score (nSPS) is 11.8. The van der Waals surface area contributed by atoms with Crippen molar-refractivity contribution in [2.45, 2.75) is 79.2 Å². The van der Waals surface area contributed by atoms with Gasteiger partial charge in [-0.2, -0.15) is 0 Å². The number of hydrazine groups is 1. The lowest BCUT2D eigenvalue weighted by molar-refractivity contribution is -0.133. The molecule has 34 heavy (non-hydrogen) atoms. The minimum atomic E-state index is -0.581. The van der Waals surface area contributed by atoms with Crippen LogP contribution in [0.5, 0.6) is 0 Å². The van der Waals surface area contributed by atoms with Crippen LogP contribution >= 0.6 is 0 Å². The maximum atomic E-state index is 11.8. The fourth-order valence-electron chi connectivity index (χ4n) is 2.46. The first kappa shape index (κ1) is 32.2. The third-order valence-corrected chi connectivity index (χ3v) is 4.46. The van der Waals surface area contributed by atoms with E-state index >= 15 is 0 Å². The van der Waals surface area contributed by atoms with Crippen molar-refractivity contribution in [2.24, 2.45) is 5.41 Å². The van der Waals surface area contributed by atoms with Crippen molar-refractivity contribution < 1.29 is 28.6 Å². The topological polar surface area (TPSA) is 127 Å². The number of amides is 3. The number of ether oxygens (including phenoxy) is 3. The molecule has 0 bridgehead atoms. The lowest BCUT2D eigenvalue weighted by atomic mass is 9.96. The summed E-state index contributed by atoms with van der Waals surface area (Å²) in [5.41, 5.74) is 4.30. The van der Waals surface area contributed by atoms with Gasteiger partial charge in [-0.05, 0) is 46.6 Å². The maximum Gasteiger partial charge on any atom is 0.243 e. The highest BCUT2D eigenvalue weighted by Crippen LogP contribution is 2.11. The zero-order valence-corrected chi connectivity index (χ0v) is 22.1. The number of hydrogen-bond acceptors (Lipinski definition) is 7. The number of hydrogen-bond donors (Lipinski definition) is 4. The van der Waals surface area contributed by atoms with E-state index in [1.54, 1.807) is 20.8 Å². The Morgan fingerprint density at radius 1 is 0.618 bits per heavy atom. The monoisotopic (exact) mass is 488 g/mol. The molecule has 0 saturated heterocycles. The Hall–Kier alpha value is -1.75. The summed E-state index contributed by atoms with van der Waals surface area (Å²) in [4.78, 5) is 35.2. The van der Waals surface area contributed by atoms with Gasteiger partial charge in [0.2, 0.25) is 17.7 Å². The predicted octanol–water partition coefficient (Wildman–Crippen LogP) is 1.68. The van der Waals surface area contributed by atoms with Gasteiger partial charge in [-0.15, -0.1) is 0 Å². The molecule has 0 unspecified atom stereocenters.